The largest absolute Gasteiger partial charge is 0.416 e. The molecule has 1 unspecified atom stereocenters. The summed E-state index contributed by atoms with van der Waals surface area (Å²) in [6.45, 7) is 0.187. The summed E-state index contributed by atoms with van der Waals surface area (Å²) in [6.07, 6.45) is -4.07. The van der Waals surface area contributed by atoms with Crippen LogP contribution in [0.5, 0.6) is 0 Å². The molecule has 2 amide bonds. The Hall–Kier alpha value is -2.83. The maximum absolute atomic E-state index is 12.6. The minimum Gasteiger partial charge on any atom is -0.368 e. The molecular weight excluding hydrogens is 333 g/mol. The topological polar surface area (TPSA) is 63.4 Å². The lowest BCUT2D eigenvalue weighted by Crippen LogP contribution is -2.37. The molecule has 0 bridgehead atoms. The van der Waals surface area contributed by atoms with Gasteiger partial charge in [-0.05, 0) is 35.7 Å². The quantitative estimate of drug-likeness (QED) is 0.923. The number of amides is 2. The number of carbonyl (C=O) groups excluding carboxylic acids is 2. The van der Waals surface area contributed by atoms with Crippen LogP contribution in [0.25, 0.3) is 0 Å². The van der Waals surface area contributed by atoms with Gasteiger partial charge in [0, 0.05) is 12.1 Å². The smallest absolute Gasteiger partial charge is 0.368 e. The van der Waals surface area contributed by atoms with Gasteiger partial charge in [0.1, 0.15) is 6.04 Å². The summed E-state index contributed by atoms with van der Waals surface area (Å²) in [4.78, 5) is 25.6. The van der Waals surface area contributed by atoms with Crippen molar-refractivity contribution in [2.24, 2.45) is 5.73 Å². The number of fused-ring (bicyclic) bond motifs is 1. The molecule has 130 valence electrons. The minimum atomic E-state index is -4.39. The zero-order valence-electron chi connectivity index (χ0n) is 13.1. The Morgan fingerprint density at radius 1 is 1.08 bits per heavy atom. The van der Waals surface area contributed by atoms with Gasteiger partial charge in [-0.25, -0.2) is 0 Å². The molecular formula is C18H15F3N2O2. The lowest BCUT2D eigenvalue weighted by molar-refractivity contribution is -0.137. The molecule has 1 atom stereocenters. The van der Waals surface area contributed by atoms with Crippen LogP contribution in [-0.4, -0.2) is 23.3 Å². The lowest BCUT2D eigenvalue weighted by Gasteiger charge is -2.23. The first-order chi connectivity index (χ1) is 11.8. The first kappa shape index (κ1) is 17.0. The van der Waals surface area contributed by atoms with Gasteiger partial charge >= 0.3 is 6.18 Å². The van der Waals surface area contributed by atoms with Gasteiger partial charge in [-0.1, -0.05) is 30.3 Å². The maximum atomic E-state index is 12.6. The van der Waals surface area contributed by atoms with Crippen LogP contribution in [0.4, 0.5) is 13.2 Å². The summed E-state index contributed by atoms with van der Waals surface area (Å²) in [6, 6.07) is 10.6. The summed E-state index contributed by atoms with van der Waals surface area (Å²) in [5, 5.41) is 0. The highest BCUT2D eigenvalue weighted by Gasteiger charge is 2.39. The van der Waals surface area contributed by atoms with E-state index in [9.17, 15) is 22.8 Å². The second-order valence-electron chi connectivity index (χ2n) is 5.84. The zero-order chi connectivity index (χ0) is 18.2. The molecule has 25 heavy (non-hydrogen) atoms. The molecule has 1 heterocycles. The van der Waals surface area contributed by atoms with Gasteiger partial charge < -0.3 is 10.6 Å². The second-order valence-corrected chi connectivity index (χ2v) is 5.84. The molecule has 2 aromatic carbocycles. The normalized spacial score (nSPS) is 16.8. The number of carbonyl (C=O) groups is 2. The molecule has 7 heteroatoms. The Labute approximate surface area is 142 Å². The number of primary amides is 1. The first-order valence-electron chi connectivity index (χ1n) is 7.64. The van der Waals surface area contributed by atoms with Gasteiger partial charge in [-0.3, -0.25) is 9.59 Å². The van der Waals surface area contributed by atoms with E-state index in [1.165, 1.54) is 17.0 Å². The van der Waals surface area contributed by atoms with Crippen molar-refractivity contribution in [3.63, 3.8) is 0 Å². The average Bonchev–Trinajstić information content (AvgIpc) is 2.85. The monoisotopic (exact) mass is 348 g/mol. The highest BCUT2D eigenvalue weighted by atomic mass is 19.4. The number of benzene rings is 2. The van der Waals surface area contributed by atoms with Gasteiger partial charge in [0.2, 0.25) is 5.91 Å². The van der Waals surface area contributed by atoms with Crippen molar-refractivity contribution in [3.8, 4) is 0 Å². The van der Waals surface area contributed by atoms with Crippen LogP contribution in [-0.2, 0) is 17.4 Å². The molecule has 0 radical (unpaired) electrons. The fourth-order valence-electron chi connectivity index (χ4n) is 3.02. The molecule has 4 nitrogen and oxygen atoms in total. The van der Waals surface area contributed by atoms with Crippen LogP contribution in [0.3, 0.4) is 0 Å². The van der Waals surface area contributed by atoms with E-state index in [-0.39, 0.29) is 12.5 Å². The maximum Gasteiger partial charge on any atom is 0.416 e. The summed E-state index contributed by atoms with van der Waals surface area (Å²) in [7, 11) is 0. The highest BCUT2D eigenvalue weighted by Crippen LogP contribution is 2.33. The predicted octanol–water partition coefficient (Wildman–Crippen LogP) is 2.93. The third-order valence-electron chi connectivity index (χ3n) is 4.25. The van der Waals surface area contributed by atoms with Crippen molar-refractivity contribution in [1.29, 1.82) is 0 Å². The van der Waals surface area contributed by atoms with Crippen molar-refractivity contribution in [3.05, 3.63) is 70.8 Å². The van der Waals surface area contributed by atoms with Crippen LogP contribution < -0.4 is 5.73 Å². The molecule has 0 saturated heterocycles. The number of nitrogens with zero attached hydrogens (tertiary/aromatic N) is 1. The lowest BCUT2D eigenvalue weighted by atomic mass is 10.0. The van der Waals surface area contributed by atoms with Crippen molar-refractivity contribution in [2.75, 3.05) is 6.54 Å². The molecule has 0 spiro atoms. The van der Waals surface area contributed by atoms with E-state index in [1.807, 2.05) is 0 Å². The van der Waals surface area contributed by atoms with Gasteiger partial charge in [-0.2, -0.15) is 13.2 Å². The Bertz CT molecular complexity index is 816. The number of rotatable bonds is 4. The molecule has 3 rings (SSSR count). The van der Waals surface area contributed by atoms with Crippen LogP contribution in [0.2, 0.25) is 0 Å². The molecule has 1 aliphatic rings. The van der Waals surface area contributed by atoms with E-state index in [0.29, 0.717) is 23.1 Å². The molecule has 0 aromatic heterocycles. The number of nitrogens with two attached hydrogens (primary N) is 1. The summed E-state index contributed by atoms with van der Waals surface area (Å²) in [5.41, 5.74) is 6.35. The SMILES string of the molecule is NC(=O)C1c2ccccc2C(=O)N1CCc1ccc(C(F)(F)F)cc1. The Kier molecular flexibility index (Phi) is 4.24. The van der Waals surface area contributed by atoms with E-state index in [2.05, 4.69) is 0 Å². The summed E-state index contributed by atoms with van der Waals surface area (Å²) in [5.74, 6) is -0.933. The summed E-state index contributed by atoms with van der Waals surface area (Å²) < 4.78 is 37.8. The van der Waals surface area contributed by atoms with Crippen molar-refractivity contribution in [1.82, 2.24) is 4.90 Å². The fourth-order valence-corrected chi connectivity index (χ4v) is 3.02. The third kappa shape index (κ3) is 3.22. The van der Waals surface area contributed by atoms with Crippen LogP contribution in [0.15, 0.2) is 48.5 Å². The number of hydrogen-bond acceptors (Lipinski definition) is 2. The van der Waals surface area contributed by atoms with Crippen LogP contribution in [0, 0.1) is 0 Å². The minimum absolute atomic E-state index is 0.187. The van der Waals surface area contributed by atoms with E-state index in [0.717, 1.165) is 12.1 Å². The molecule has 2 N–H and O–H groups in total. The molecule has 0 aliphatic carbocycles. The predicted molar refractivity (Wildman–Crippen MR) is 84.6 cm³/mol. The molecule has 1 aliphatic heterocycles. The second kappa shape index (κ2) is 6.23. The Morgan fingerprint density at radius 2 is 1.72 bits per heavy atom. The van der Waals surface area contributed by atoms with E-state index in [1.54, 1.807) is 24.3 Å². The zero-order valence-corrected chi connectivity index (χ0v) is 13.1. The number of alkyl halides is 3. The number of halogens is 3. The van der Waals surface area contributed by atoms with Gasteiger partial charge in [-0.15, -0.1) is 0 Å². The van der Waals surface area contributed by atoms with E-state index in [4.69, 9.17) is 5.73 Å². The van der Waals surface area contributed by atoms with E-state index >= 15 is 0 Å². The average molecular weight is 348 g/mol. The van der Waals surface area contributed by atoms with Gasteiger partial charge in [0.05, 0.1) is 5.56 Å². The number of hydrogen-bond donors (Lipinski definition) is 1. The van der Waals surface area contributed by atoms with Crippen LogP contribution >= 0.6 is 0 Å². The van der Waals surface area contributed by atoms with E-state index < -0.39 is 23.7 Å². The molecule has 0 saturated carbocycles. The highest BCUT2D eigenvalue weighted by molar-refractivity contribution is 6.04. The van der Waals surface area contributed by atoms with Gasteiger partial charge in [0.25, 0.3) is 5.91 Å². The standard InChI is InChI=1S/C18H15F3N2O2/c19-18(20,21)12-7-5-11(6-8-12)9-10-23-15(16(22)24)13-3-1-2-4-14(13)17(23)25/h1-8,15H,9-10H2,(H2,22,24). The fraction of sp³-hybridized carbons (Fsp3) is 0.222. The van der Waals surface area contributed by atoms with Crippen molar-refractivity contribution >= 4 is 11.8 Å². The summed E-state index contributed by atoms with van der Waals surface area (Å²) >= 11 is 0. The molecule has 0 fully saturated rings. The van der Waals surface area contributed by atoms with Crippen LogP contribution in [0.1, 0.15) is 33.1 Å². The van der Waals surface area contributed by atoms with Crippen molar-refractivity contribution < 1.29 is 22.8 Å². The first-order valence-corrected chi connectivity index (χ1v) is 7.64. The van der Waals surface area contributed by atoms with Gasteiger partial charge in [0.15, 0.2) is 0 Å². The van der Waals surface area contributed by atoms with Crippen molar-refractivity contribution in [2.45, 2.75) is 18.6 Å². The third-order valence-corrected chi connectivity index (χ3v) is 4.25. The molecule has 2 aromatic rings. The Balaban J connectivity index is 1.77. The Morgan fingerprint density at radius 3 is 2.32 bits per heavy atom.